The van der Waals surface area contributed by atoms with Crippen LogP contribution in [0.15, 0.2) is 21.9 Å². The Hall–Kier alpha value is -2.46. The van der Waals surface area contributed by atoms with Crippen molar-refractivity contribution in [1.82, 2.24) is 9.55 Å². The van der Waals surface area contributed by atoms with E-state index >= 15 is 0 Å². The maximum atomic E-state index is 11.8. The molecule has 1 aliphatic rings. The number of rotatable bonds is 8. The van der Waals surface area contributed by atoms with Gasteiger partial charge in [0.05, 0.1) is 0 Å². The summed E-state index contributed by atoms with van der Waals surface area (Å²) in [5.41, 5.74) is -1.62. The molecule has 0 bridgehead atoms. The van der Waals surface area contributed by atoms with Crippen molar-refractivity contribution in [3.05, 3.63) is 33.1 Å². The molecular formula is C15H20N2O12. The van der Waals surface area contributed by atoms with Gasteiger partial charge in [-0.05, 0) is 0 Å². The van der Waals surface area contributed by atoms with Crippen LogP contribution in [0.4, 0.5) is 0 Å². The van der Waals surface area contributed by atoms with E-state index in [9.17, 15) is 44.7 Å². The summed E-state index contributed by atoms with van der Waals surface area (Å²) < 4.78 is 10.7. The van der Waals surface area contributed by atoms with E-state index in [0.29, 0.717) is 0 Å². The maximum Gasteiger partial charge on any atom is 0.337 e. The molecular weight excluding hydrogens is 400 g/mol. The Morgan fingerprint density at radius 2 is 1.86 bits per heavy atom. The minimum Gasteiger partial charge on any atom is -0.461 e. The van der Waals surface area contributed by atoms with Crippen LogP contribution in [0.2, 0.25) is 0 Å². The number of aliphatic hydroxyl groups excluding tert-OH is 6. The molecule has 1 aromatic rings. The third-order valence-corrected chi connectivity index (χ3v) is 4.26. The summed E-state index contributed by atoms with van der Waals surface area (Å²) in [5, 5.41) is 57.8. The van der Waals surface area contributed by atoms with Gasteiger partial charge >= 0.3 is 11.7 Å². The van der Waals surface area contributed by atoms with E-state index < -0.39 is 72.8 Å². The molecule has 2 heterocycles. The second-order valence-electron chi connectivity index (χ2n) is 6.25. The first-order chi connectivity index (χ1) is 13.6. The van der Waals surface area contributed by atoms with Gasteiger partial charge in [-0.1, -0.05) is 0 Å². The zero-order valence-electron chi connectivity index (χ0n) is 14.6. The van der Waals surface area contributed by atoms with Gasteiger partial charge in [-0.2, -0.15) is 0 Å². The summed E-state index contributed by atoms with van der Waals surface area (Å²) in [5.74, 6) is -1.48. The van der Waals surface area contributed by atoms with Crippen molar-refractivity contribution in [3.8, 4) is 0 Å². The molecule has 0 amide bonds. The number of esters is 1. The number of ether oxygens (including phenoxy) is 2. The van der Waals surface area contributed by atoms with Gasteiger partial charge in [0.15, 0.2) is 18.6 Å². The molecule has 14 nitrogen and oxygen atoms in total. The number of nitrogens with one attached hydrogen (secondary N) is 1. The van der Waals surface area contributed by atoms with Gasteiger partial charge in [0, 0.05) is 12.3 Å². The molecule has 29 heavy (non-hydrogen) atoms. The number of aldehydes is 1. The third kappa shape index (κ3) is 4.94. The van der Waals surface area contributed by atoms with Crippen LogP contribution >= 0.6 is 0 Å². The fourth-order valence-electron chi connectivity index (χ4n) is 2.58. The number of hydrogen-bond donors (Lipinski definition) is 7. The molecule has 1 fully saturated rings. The maximum absolute atomic E-state index is 11.8. The summed E-state index contributed by atoms with van der Waals surface area (Å²) >= 11 is 0. The second kappa shape index (κ2) is 9.36. The summed E-state index contributed by atoms with van der Waals surface area (Å²) in [6, 6.07) is 0.980. The topological polar surface area (TPSA) is 229 Å². The normalized spacial score (nSPS) is 28.3. The highest BCUT2D eigenvalue weighted by atomic mass is 16.6. The largest absolute Gasteiger partial charge is 0.461 e. The molecule has 1 aromatic heterocycles. The summed E-state index contributed by atoms with van der Waals surface area (Å²) in [6.07, 6.45) is -14.0. The Morgan fingerprint density at radius 3 is 2.45 bits per heavy atom. The zero-order chi connectivity index (χ0) is 21.9. The van der Waals surface area contributed by atoms with E-state index in [-0.39, 0.29) is 6.29 Å². The molecule has 162 valence electrons. The fraction of sp³-hybridized carbons (Fsp3) is 0.600. The number of H-pyrrole nitrogens is 1. The molecule has 0 aromatic carbocycles. The number of carbonyl (C=O) groups is 2. The van der Waals surface area contributed by atoms with Crippen molar-refractivity contribution in [1.29, 1.82) is 0 Å². The quantitative estimate of drug-likeness (QED) is 0.154. The van der Waals surface area contributed by atoms with E-state index in [1.807, 2.05) is 4.98 Å². The molecule has 1 aliphatic heterocycles. The number of aliphatic hydroxyl groups is 6. The first kappa shape index (κ1) is 22.8. The van der Waals surface area contributed by atoms with Gasteiger partial charge in [-0.25, -0.2) is 9.59 Å². The highest BCUT2D eigenvalue weighted by Gasteiger charge is 2.45. The first-order valence-electron chi connectivity index (χ1n) is 8.25. The Balaban J connectivity index is 2.00. The Bertz CT molecular complexity index is 837. The number of hydrogen-bond acceptors (Lipinski definition) is 12. The van der Waals surface area contributed by atoms with Crippen molar-refractivity contribution in [2.24, 2.45) is 0 Å². The van der Waals surface area contributed by atoms with Crippen LogP contribution in [-0.4, -0.2) is 102 Å². The SMILES string of the molecule is O=CC(O)C(O)C(O)C(O)C(=O)OC[C@H]1O[C@@H](n2ccc(=O)[nH]c2=O)[C@H](O)[C@@H]1O. The van der Waals surface area contributed by atoms with Crippen LogP contribution in [0.3, 0.4) is 0 Å². The van der Waals surface area contributed by atoms with Crippen molar-refractivity contribution in [3.63, 3.8) is 0 Å². The third-order valence-electron chi connectivity index (χ3n) is 4.26. The average Bonchev–Trinajstić information content (AvgIpc) is 2.98. The van der Waals surface area contributed by atoms with E-state index in [0.717, 1.165) is 16.8 Å². The molecule has 0 aliphatic carbocycles. The van der Waals surface area contributed by atoms with E-state index in [2.05, 4.69) is 4.74 Å². The number of nitrogens with zero attached hydrogens (tertiary/aromatic N) is 1. The summed E-state index contributed by atoms with van der Waals surface area (Å²) in [6.45, 7) is -0.734. The lowest BCUT2D eigenvalue weighted by molar-refractivity contribution is -0.174. The molecule has 8 atom stereocenters. The van der Waals surface area contributed by atoms with E-state index in [4.69, 9.17) is 9.84 Å². The lowest BCUT2D eigenvalue weighted by atomic mass is 10.0. The second-order valence-corrected chi connectivity index (χ2v) is 6.25. The van der Waals surface area contributed by atoms with Crippen molar-refractivity contribution >= 4 is 12.3 Å². The first-order valence-corrected chi connectivity index (χ1v) is 8.25. The van der Waals surface area contributed by atoms with Crippen LogP contribution in [0.5, 0.6) is 0 Å². The van der Waals surface area contributed by atoms with Crippen LogP contribution < -0.4 is 11.2 Å². The number of aromatic nitrogens is 2. The fourth-order valence-corrected chi connectivity index (χ4v) is 2.58. The van der Waals surface area contributed by atoms with E-state index in [1.54, 1.807) is 0 Å². The van der Waals surface area contributed by atoms with Crippen LogP contribution in [0.25, 0.3) is 0 Å². The standard InChI is InChI=1S/C15H20N2O12/c18-3-5(19)8(21)10(23)12(25)14(26)28-4-6-9(22)11(24)13(29-6)17-2-1-7(20)16-15(17)27/h1-3,5-6,8-13,19,21-25H,4H2,(H,16,20,27)/t5?,6-,8?,9-,10?,11-,12?,13-/m1/s1. The Morgan fingerprint density at radius 1 is 1.21 bits per heavy atom. The van der Waals surface area contributed by atoms with Gasteiger partial charge in [0.2, 0.25) is 0 Å². The lowest BCUT2D eigenvalue weighted by Crippen LogP contribution is -2.49. The minimum absolute atomic E-state index is 0.116. The Kier molecular flexibility index (Phi) is 7.37. The predicted octanol–water partition coefficient (Wildman–Crippen LogP) is -5.66. The molecule has 2 rings (SSSR count). The molecule has 4 unspecified atom stereocenters. The zero-order valence-corrected chi connectivity index (χ0v) is 14.6. The van der Waals surface area contributed by atoms with Crippen LogP contribution in [0.1, 0.15) is 6.23 Å². The monoisotopic (exact) mass is 420 g/mol. The molecule has 0 radical (unpaired) electrons. The molecule has 1 saturated heterocycles. The lowest BCUT2D eigenvalue weighted by Gasteiger charge is -2.23. The summed E-state index contributed by atoms with van der Waals surface area (Å²) in [7, 11) is 0. The number of aromatic amines is 1. The van der Waals surface area contributed by atoms with Crippen molar-refractivity contribution in [2.75, 3.05) is 6.61 Å². The molecule has 0 saturated carbocycles. The summed E-state index contributed by atoms with van der Waals surface area (Å²) in [4.78, 5) is 47.0. The van der Waals surface area contributed by atoms with Crippen molar-refractivity contribution in [2.45, 2.75) is 49.0 Å². The predicted molar refractivity (Wildman–Crippen MR) is 88.3 cm³/mol. The van der Waals surface area contributed by atoms with Gasteiger partial charge in [-0.15, -0.1) is 0 Å². The van der Waals surface area contributed by atoms with Crippen molar-refractivity contribution < 1.29 is 49.7 Å². The number of carbonyl (C=O) groups excluding carboxylic acids is 2. The molecule has 7 N–H and O–H groups in total. The molecule has 14 heteroatoms. The smallest absolute Gasteiger partial charge is 0.337 e. The van der Waals surface area contributed by atoms with Crippen LogP contribution in [-0.2, 0) is 19.1 Å². The van der Waals surface area contributed by atoms with Gasteiger partial charge in [0.1, 0.15) is 43.2 Å². The highest BCUT2D eigenvalue weighted by molar-refractivity contribution is 5.75. The Labute approximate surface area is 161 Å². The van der Waals surface area contributed by atoms with Gasteiger partial charge in [-0.3, -0.25) is 14.3 Å². The van der Waals surface area contributed by atoms with Gasteiger partial charge in [0.25, 0.3) is 5.56 Å². The average molecular weight is 420 g/mol. The highest BCUT2D eigenvalue weighted by Crippen LogP contribution is 2.28. The minimum atomic E-state index is -2.35. The van der Waals surface area contributed by atoms with Crippen LogP contribution in [0, 0.1) is 0 Å². The van der Waals surface area contributed by atoms with E-state index in [1.165, 1.54) is 0 Å². The molecule has 0 spiro atoms. The van der Waals surface area contributed by atoms with Gasteiger partial charge < -0.3 is 44.9 Å².